The van der Waals surface area contributed by atoms with Crippen molar-refractivity contribution < 1.29 is 5.11 Å². The van der Waals surface area contributed by atoms with Crippen LogP contribution in [0.3, 0.4) is 0 Å². The summed E-state index contributed by atoms with van der Waals surface area (Å²) >= 11 is 0. The Kier molecular flexibility index (Phi) is 2.04. The Bertz CT molecular complexity index is 599. The van der Waals surface area contributed by atoms with Gasteiger partial charge >= 0.3 is 0 Å². The number of nitrogens with zero attached hydrogens (tertiary/aromatic N) is 2. The monoisotopic (exact) mass is 202 g/mol. The summed E-state index contributed by atoms with van der Waals surface area (Å²) in [4.78, 5) is 11.9. The number of aromatic nitrogens is 2. The van der Waals surface area contributed by atoms with E-state index in [4.69, 9.17) is 0 Å². The van der Waals surface area contributed by atoms with Crippen molar-refractivity contribution in [2.75, 3.05) is 0 Å². The Balaban J connectivity index is 2.97. The fourth-order valence-electron chi connectivity index (χ4n) is 1.43. The van der Waals surface area contributed by atoms with Crippen molar-refractivity contribution in [1.29, 1.82) is 0 Å². The van der Waals surface area contributed by atoms with Gasteiger partial charge in [0.15, 0.2) is 0 Å². The lowest BCUT2D eigenvalue weighted by Crippen LogP contribution is -2.20. The minimum absolute atomic E-state index is 0.159. The lowest BCUT2D eigenvalue weighted by molar-refractivity contribution is 0.445. The quantitative estimate of drug-likeness (QED) is 0.764. The lowest BCUT2D eigenvalue weighted by atomic mass is 10.2. The molecule has 4 heteroatoms. The minimum Gasteiger partial charge on any atom is -0.492 e. The normalized spacial score (nSPS) is 10.5. The van der Waals surface area contributed by atoms with E-state index in [1.54, 1.807) is 31.2 Å². The number of allylic oxidation sites excluding steroid dienone is 1. The molecule has 0 radical (unpaired) electrons. The average Bonchev–Trinajstić information content (AvgIpc) is 2.23. The molecule has 1 aromatic heterocycles. The molecule has 0 fully saturated rings. The summed E-state index contributed by atoms with van der Waals surface area (Å²) in [5.41, 5.74) is 0.206. The van der Waals surface area contributed by atoms with Crippen molar-refractivity contribution in [2.24, 2.45) is 0 Å². The number of rotatable bonds is 1. The molecule has 1 aromatic carbocycles. The highest BCUT2D eigenvalue weighted by atomic mass is 16.3. The third-order valence-electron chi connectivity index (χ3n) is 2.15. The largest absolute Gasteiger partial charge is 0.492 e. The van der Waals surface area contributed by atoms with E-state index < -0.39 is 0 Å². The highest BCUT2D eigenvalue weighted by molar-refractivity contribution is 5.85. The topological polar surface area (TPSA) is 55.1 Å². The van der Waals surface area contributed by atoms with E-state index >= 15 is 0 Å². The summed E-state index contributed by atoms with van der Waals surface area (Å²) < 4.78 is 1.09. The molecule has 1 N–H and O–H groups in total. The minimum atomic E-state index is -0.268. The number of hydrogen-bond donors (Lipinski definition) is 1. The van der Waals surface area contributed by atoms with Gasteiger partial charge in [-0.05, 0) is 19.1 Å². The third kappa shape index (κ3) is 1.40. The van der Waals surface area contributed by atoms with Crippen LogP contribution in [0.1, 0.15) is 6.92 Å². The number of hydrogen-bond acceptors (Lipinski definition) is 3. The molecule has 0 saturated carbocycles. The summed E-state index contributed by atoms with van der Waals surface area (Å²) in [6.45, 7) is 5.28. The fraction of sp³-hybridized carbons (Fsp3) is 0.0909. The standard InChI is InChI=1S/C11H10N2O2/c1-7(2)13-11(15)9-6-4-3-5-8(9)10(14)12-13/h3-6H,1H2,2H3,(H,12,14). The van der Waals surface area contributed by atoms with Crippen LogP contribution in [0.4, 0.5) is 0 Å². The van der Waals surface area contributed by atoms with E-state index in [0.717, 1.165) is 4.68 Å². The van der Waals surface area contributed by atoms with E-state index in [-0.39, 0.29) is 11.4 Å². The first kappa shape index (κ1) is 9.45. The lowest BCUT2D eigenvalue weighted by Gasteiger charge is -2.05. The zero-order chi connectivity index (χ0) is 11.0. The van der Waals surface area contributed by atoms with Gasteiger partial charge in [-0.3, -0.25) is 4.79 Å². The van der Waals surface area contributed by atoms with Crippen LogP contribution in [-0.4, -0.2) is 14.9 Å². The molecule has 0 aliphatic heterocycles. The summed E-state index contributed by atoms with van der Waals surface area (Å²) in [6, 6.07) is 6.79. The second-order valence-electron chi connectivity index (χ2n) is 3.32. The van der Waals surface area contributed by atoms with Crippen molar-refractivity contribution >= 4 is 16.5 Å². The summed E-state index contributed by atoms with van der Waals surface area (Å²) in [7, 11) is 0. The number of fused-ring (bicyclic) bond motifs is 1. The Morgan fingerprint density at radius 3 is 2.60 bits per heavy atom. The molecule has 2 aromatic rings. The molecule has 0 amide bonds. The molecular weight excluding hydrogens is 192 g/mol. The summed E-state index contributed by atoms with van der Waals surface area (Å²) in [6.07, 6.45) is 0. The van der Waals surface area contributed by atoms with Crippen molar-refractivity contribution in [3.8, 4) is 5.88 Å². The smallest absolute Gasteiger partial charge is 0.279 e. The molecule has 15 heavy (non-hydrogen) atoms. The molecule has 0 bridgehead atoms. The van der Waals surface area contributed by atoms with Gasteiger partial charge in [-0.25, -0.2) is 0 Å². The highest BCUT2D eigenvalue weighted by Gasteiger charge is 2.08. The highest BCUT2D eigenvalue weighted by Crippen LogP contribution is 2.18. The first-order valence-corrected chi connectivity index (χ1v) is 4.48. The maximum Gasteiger partial charge on any atom is 0.279 e. The van der Waals surface area contributed by atoms with Crippen LogP contribution in [0.5, 0.6) is 5.88 Å². The molecule has 0 unspecified atom stereocenters. The molecule has 0 saturated heterocycles. The van der Waals surface area contributed by atoms with Crippen molar-refractivity contribution in [3.05, 3.63) is 41.2 Å². The first-order valence-electron chi connectivity index (χ1n) is 4.48. The van der Waals surface area contributed by atoms with E-state index in [9.17, 15) is 9.90 Å². The summed E-state index contributed by atoms with van der Waals surface area (Å²) in [5.74, 6) is -0.159. The van der Waals surface area contributed by atoms with Crippen molar-refractivity contribution in [3.63, 3.8) is 0 Å². The van der Waals surface area contributed by atoms with Crippen LogP contribution in [0.15, 0.2) is 35.6 Å². The van der Waals surface area contributed by atoms with Crippen molar-refractivity contribution in [1.82, 2.24) is 9.78 Å². The summed E-state index contributed by atoms with van der Waals surface area (Å²) in [5, 5.41) is 14.3. The maximum absolute atomic E-state index is 11.9. The van der Waals surface area contributed by atoms with Gasteiger partial charge < -0.3 is 5.11 Å². The first-order chi connectivity index (χ1) is 7.11. The second-order valence-corrected chi connectivity index (χ2v) is 3.32. The van der Waals surface area contributed by atoms with Gasteiger partial charge in [-0.2, -0.15) is 4.68 Å². The maximum atomic E-state index is 11.9. The van der Waals surface area contributed by atoms with Gasteiger partial charge in [-0.15, -0.1) is 5.10 Å². The van der Waals surface area contributed by atoms with Gasteiger partial charge in [0.05, 0.1) is 10.8 Å². The predicted octanol–water partition coefficient (Wildman–Crippen LogP) is 1.59. The van der Waals surface area contributed by atoms with E-state index in [1.165, 1.54) is 0 Å². The molecule has 2 rings (SSSR count). The number of benzene rings is 1. The Hall–Kier alpha value is -2.10. The number of aromatic hydroxyl groups is 1. The Labute approximate surface area is 86.1 Å². The van der Waals surface area contributed by atoms with Gasteiger partial charge in [0.2, 0.25) is 5.88 Å². The van der Waals surface area contributed by atoms with E-state index in [0.29, 0.717) is 16.5 Å². The predicted molar refractivity (Wildman–Crippen MR) is 58.7 cm³/mol. The third-order valence-corrected chi connectivity index (χ3v) is 2.15. The van der Waals surface area contributed by atoms with Crippen LogP contribution in [0.25, 0.3) is 16.5 Å². The molecule has 0 aliphatic rings. The van der Waals surface area contributed by atoms with Crippen LogP contribution < -0.4 is 5.56 Å². The van der Waals surface area contributed by atoms with E-state index in [2.05, 4.69) is 11.7 Å². The average molecular weight is 202 g/mol. The molecule has 4 nitrogen and oxygen atoms in total. The zero-order valence-corrected chi connectivity index (χ0v) is 8.27. The Morgan fingerprint density at radius 1 is 1.40 bits per heavy atom. The zero-order valence-electron chi connectivity index (χ0n) is 8.27. The van der Waals surface area contributed by atoms with Crippen LogP contribution in [-0.2, 0) is 0 Å². The SMILES string of the molecule is C=C(C)n1nc(O)c2ccccc2c1=O. The molecular formula is C11H10N2O2. The van der Waals surface area contributed by atoms with Crippen molar-refractivity contribution in [2.45, 2.75) is 6.92 Å². The Morgan fingerprint density at radius 2 is 2.00 bits per heavy atom. The molecule has 0 spiro atoms. The van der Waals surface area contributed by atoms with Gasteiger partial charge in [-0.1, -0.05) is 18.7 Å². The van der Waals surface area contributed by atoms with E-state index in [1.807, 2.05) is 0 Å². The second kappa shape index (κ2) is 3.24. The van der Waals surface area contributed by atoms with Gasteiger partial charge in [0, 0.05) is 5.70 Å². The van der Waals surface area contributed by atoms with Crippen LogP contribution in [0.2, 0.25) is 0 Å². The van der Waals surface area contributed by atoms with Crippen LogP contribution in [0, 0.1) is 0 Å². The molecule has 0 atom stereocenters. The molecule has 76 valence electrons. The molecule has 0 aliphatic carbocycles. The fourth-order valence-corrected chi connectivity index (χ4v) is 1.43. The van der Waals surface area contributed by atoms with Gasteiger partial charge in [0.25, 0.3) is 5.56 Å². The molecule has 1 heterocycles. The van der Waals surface area contributed by atoms with Gasteiger partial charge in [0.1, 0.15) is 0 Å². The van der Waals surface area contributed by atoms with Crippen LogP contribution >= 0.6 is 0 Å².